The standard InChI is InChI=1S/C17H14ClF3N2O3/c1-17(2,3)26-16(25)14-11(7-24)23-10(6-22-14)12-8(15(20)21)4-5-9(18)13(12)19/h4-7,15H,1-3H3. The van der Waals surface area contributed by atoms with Crippen molar-refractivity contribution in [3.8, 4) is 11.3 Å². The molecule has 0 amide bonds. The van der Waals surface area contributed by atoms with Gasteiger partial charge in [0.1, 0.15) is 11.3 Å². The molecular formula is C17H14ClF3N2O3. The van der Waals surface area contributed by atoms with Crippen molar-refractivity contribution in [3.63, 3.8) is 0 Å². The van der Waals surface area contributed by atoms with Crippen molar-refractivity contribution in [1.82, 2.24) is 9.97 Å². The Hall–Kier alpha value is -2.48. The van der Waals surface area contributed by atoms with Crippen molar-refractivity contribution < 1.29 is 27.5 Å². The van der Waals surface area contributed by atoms with Gasteiger partial charge in [0.2, 0.25) is 0 Å². The molecule has 0 bridgehead atoms. The van der Waals surface area contributed by atoms with Gasteiger partial charge in [-0.05, 0) is 26.8 Å². The summed E-state index contributed by atoms with van der Waals surface area (Å²) >= 11 is 5.66. The second-order valence-electron chi connectivity index (χ2n) is 6.24. The molecule has 2 aromatic rings. The van der Waals surface area contributed by atoms with Crippen LogP contribution in [0.4, 0.5) is 13.2 Å². The number of alkyl halides is 2. The Balaban J connectivity index is 2.60. The van der Waals surface area contributed by atoms with Gasteiger partial charge in [-0.1, -0.05) is 17.7 Å². The highest BCUT2D eigenvalue weighted by Gasteiger charge is 2.26. The van der Waals surface area contributed by atoms with Crippen LogP contribution in [-0.2, 0) is 4.74 Å². The van der Waals surface area contributed by atoms with Crippen LogP contribution in [0.5, 0.6) is 0 Å². The molecule has 0 saturated carbocycles. The average Bonchev–Trinajstić information content (AvgIpc) is 2.54. The van der Waals surface area contributed by atoms with Gasteiger partial charge in [-0.3, -0.25) is 4.79 Å². The Morgan fingerprint density at radius 2 is 1.96 bits per heavy atom. The van der Waals surface area contributed by atoms with Crippen molar-refractivity contribution in [1.29, 1.82) is 0 Å². The molecule has 0 spiro atoms. The lowest BCUT2D eigenvalue weighted by Gasteiger charge is -2.19. The highest BCUT2D eigenvalue weighted by atomic mass is 35.5. The van der Waals surface area contributed by atoms with Gasteiger partial charge in [0.05, 0.1) is 16.9 Å². The van der Waals surface area contributed by atoms with E-state index in [-0.39, 0.29) is 12.0 Å². The van der Waals surface area contributed by atoms with Crippen LogP contribution in [0, 0.1) is 5.82 Å². The van der Waals surface area contributed by atoms with Gasteiger partial charge in [-0.25, -0.2) is 27.9 Å². The Morgan fingerprint density at radius 3 is 2.50 bits per heavy atom. The van der Waals surface area contributed by atoms with Crippen LogP contribution < -0.4 is 0 Å². The van der Waals surface area contributed by atoms with E-state index in [9.17, 15) is 22.8 Å². The van der Waals surface area contributed by atoms with Gasteiger partial charge in [0.15, 0.2) is 17.8 Å². The van der Waals surface area contributed by atoms with Crippen LogP contribution >= 0.6 is 11.6 Å². The third-order valence-corrected chi connectivity index (χ3v) is 3.41. The minimum Gasteiger partial charge on any atom is -0.455 e. The summed E-state index contributed by atoms with van der Waals surface area (Å²) in [6.45, 7) is 4.84. The van der Waals surface area contributed by atoms with Gasteiger partial charge in [0.25, 0.3) is 6.43 Å². The highest BCUT2D eigenvalue weighted by molar-refractivity contribution is 6.31. The molecule has 138 valence electrons. The number of benzene rings is 1. The number of ether oxygens (including phenoxy) is 1. The number of aromatic nitrogens is 2. The lowest BCUT2D eigenvalue weighted by atomic mass is 10.0. The molecule has 0 saturated heterocycles. The average molecular weight is 387 g/mol. The van der Waals surface area contributed by atoms with E-state index in [1.807, 2.05) is 0 Å². The van der Waals surface area contributed by atoms with E-state index in [1.165, 1.54) is 0 Å². The lowest BCUT2D eigenvalue weighted by molar-refractivity contribution is 0.00608. The maximum atomic E-state index is 14.3. The summed E-state index contributed by atoms with van der Waals surface area (Å²) in [5, 5.41) is -0.393. The van der Waals surface area contributed by atoms with Crippen LogP contribution in [0.15, 0.2) is 18.3 Å². The largest absolute Gasteiger partial charge is 0.455 e. The zero-order valence-corrected chi connectivity index (χ0v) is 14.8. The van der Waals surface area contributed by atoms with Crippen LogP contribution in [0.2, 0.25) is 5.02 Å². The smallest absolute Gasteiger partial charge is 0.359 e. The molecule has 0 N–H and O–H groups in total. The quantitative estimate of drug-likeness (QED) is 0.565. The van der Waals surface area contributed by atoms with Crippen LogP contribution in [0.1, 0.15) is 53.7 Å². The maximum absolute atomic E-state index is 14.3. The number of hydrogen-bond acceptors (Lipinski definition) is 5. The molecule has 2 rings (SSSR count). The fourth-order valence-corrected chi connectivity index (χ4v) is 2.25. The number of carbonyl (C=O) groups is 2. The molecule has 0 fully saturated rings. The number of halogens is 4. The molecular weight excluding hydrogens is 373 g/mol. The summed E-state index contributed by atoms with van der Waals surface area (Å²) in [5.41, 5.74) is -3.31. The summed E-state index contributed by atoms with van der Waals surface area (Å²) in [6.07, 6.45) is -1.89. The first-order chi connectivity index (χ1) is 12.0. The molecule has 1 aromatic heterocycles. The van der Waals surface area contributed by atoms with Crippen molar-refractivity contribution >= 4 is 23.9 Å². The maximum Gasteiger partial charge on any atom is 0.359 e. The van der Waals surface area contributed by atoms with Gasteiger partial charge >= 0.3 is 5.97 Å². The Bertz CT molecular complexity index is 867. The zero-order chi connectivity index (χ0) is 19.6. The summed E-state index contributed by atoms with van der Waals surface area (Å²) in [7, 11) is 0. The predicted octanol–water partition coefficient (Wildman–Crippen LogP) is 4.64. The fraction of sp³-hybridized carbons (Fsp3) is 0.294. The Labute approximate surface area is 152 Å². The van der Waals surface area contributed by atoms with E-state index in [4.69, 9.17) is 16.3 Å². The molecule has 0 unspecified atom stereocenters. The monoisotopic (exact) mass is 386 g/mol. The second-order valence-corrected chi connectivity index (χ2v) is 6.64. The van der Waals surface area contributed by atoms with Gasteiger partial charge in [0, 0.05) is 11.1 Å². The number of nitrogens with zero attached hydrogens (tertiary/aromatic N) is 2. The third-order valence-electron chi connectivity index (χ3n) is 3.12. The SMILES string of the molecule is CC(C)(C)OC(=O)c1ncc(-c2c(C(F)F)ccc(Cl)c2F)nc1C=O. The normalized spacial score (nSPS) is 11.5. The Kier molecular flexibility index (Phi) is 5.65. The fourth-order valence-electron chi connectivity index (χ4n) is 2.10. The van der Waals surface area contributed by atoms with E-state index in [1.54, 1.807) is 20.8 Å². The van der Waals surface area contributed by atoms with E-state index >= 15 is 0 Å². The molecule has 0 aliphatic heterocycles. The molecule has 1 aromatic carbocycles. The summed E-state index contributed by atoms with van der Waals surface area (Å²) in [6, 6.07) is 1.94. The van der Waals surface area contributed by atoms with Crippen LogP contribution in [-0.4, -0.2) is 27.8 Å². The van der Waals surface area contributed by atoms with E-state index in [2.05, 4.69) is 9.97 Å². The molecule has 0 radical (unpaired) electrons. The van der Waals surface area contributed by atoms with Gasteiger partial charge in [-0.2, -0.15) is 0 Å². The third kappa shape index (κ3) is 4.19. The minimum absolute atomic E-state index is 0.209. The topological polar surface area (TPSA) is 69.2 Å². The zero-order valence-electron chi connectivity index (χ0n) is 14.0. The van der Waals surface area contributed by atoms with Gasteiger partial charge < -0.3 is 4.74 Å². The Morgan fingerprint density at radius 1 is 1.31 bits per heavy atom. The molecule has 26 heavy (non-hydrogen) atoms. The number of esters is 1. The molecule has 0 aliphatic carbocycles. The number of carbonyl (C=O) groups excluding carboxylic acids is 2. The molecule has 1 heterocycles. The van der Waals surface area contributed by atoms with E-state index in [0.717, 1.165) is 18.3 Å². The number of hydrogen-bond donors (Lipinski definition) is 0. The second kappa shape index (κ2) is 7.41. The van der Waals surface area contributed by atoms with Crippen molar-refractivity contribution in [3.05, 3.63) is 46.1 Å². The summed E-state index contributed by atoms with van der Waals surface area (Å²) in [5.74, 6) is -2.04. The first kappa shape index (κ1) is 19.8. The van der Waals surface area contributed by atoms with Gasteiger partial charge in [-0.15, -0.1) is 0 Å². The van der Waals surface area contributed by atoms with Crippen molar-refractivity contribution in [2.75, 3.05) is 0 Å². The summed E-state index contributed by atoms with van der Waals surface area (Å²) < 4.78 is 45.8. The molecule has 9 heteroatoms. The number of aldehydes is 1. The van der Waals surface area contributed by atoms with Crippen molar-refractivity contribution in [2.45, 2.75) is 32.8 Å². The first-order valence-electron chi connectivity index (χ1n) is 7.37. The predicted molar refractivity (Wildman–Crippen MR) is 87.9 cm³/mol. The van der Waals surface area contributed by atoms with E-state index < -0.39 is 51.4 Å². The first-order valence-corrected chi connectivity index (χ1v) is 7.75. The lowest BCUT2D eigenvalue weighted by Crippen LogP contribution is -2.25. The molecule has 0 aliphatic rings. The number of rotatable bonds is 4. The van der Waals surface area contributed by atoms with Crippen LogP contribution in [0.25, 0.3) is 11.3 Å². The van der Waals surface area contributed by atoms with Crippen LogP contribution in [0.3, 0.4) is 0 Å². The van der Waals surface area contributed by atoms with Crippen molar-refractivity contribution in [2.24, 2.45) is 0 Å². The summed E-state index contributed by atoms with van der Waals surface area (Å²) in [4.78, 5) is 30.9. The minimum atomic E-state index is -3.01. The van der Waals surface area contributed by atoms with E-state index in [0.29, 0.717) is 0 Å². The highest BCUT2D eigenvalue weighted by Crippen LogP contribution is 2.35. The molecule has 0 atom stereocenters. The molecule has 5 nitrogen and oxygen atoms in total.